The number of nitrogens with one attached hydrogen (secondary N) is 1. The molecular weight excluding hydrogens is 342 g/mol. The molecule has 2 saturated heterocycles. The number of likely N-dealkylation sites (tertiary alicyclic amines) is 2. The average molecular weight is 375 g/mol. The highest BCUT2D eigenvalue weighted by Crippen LogP contribution is 2.10. The van der Waals surface area contributed by atoms with Gasteiger partial charge in [-0.2, -0.15) is 0 Å². The number of quaternary nitrogens is 1. The maximum Gasteiger partial charge on any atom is 0.274 e. The number of piperidine rings is 2. The fourth-order valence-corrected chi connectivity index (χ4v) is 4.01. The summed E-state index contributed by atoms with van der Waals surface area (Å²) in [6, 6.07) is 0. The van der Waals surface area contributed by atoms with Gasteiger partial charge in [-0.25, -0.2) is 4.98 Å². The van der Waals surface area contributed by atoms with Gasteiger partial charge in [0.25, 0.3) is 5.91 Å². The second kappa shape index (κ2) is 10.3. The van der Waals surface area contributed by atoms with E-state index in [0.717, 1.165) is 32.5 Å². The van der Waals surface area contributed by atoms with Crippen molar-refractivity contribution in [3.05, 3.63) is 24.3 Å². The first kappa shape index (κ1) is 19.7. The second-order valence-corrected chi connectivity index (χ2v) is 7.63. The van der Waals surface area contributed by atoms with E-state index < -0.39 is 0 Å². The summed E-state index contributed by atoms with van der Waals surface area (Å²) in [5, 5.41) is 0. The first-order chi connectivity index (χ1) is 13.2. The number of nitrogens with zero attached hydrogens (tertiary/aromatic N) is 4. The van der Waals surface area contributed by atoms with Crippen LogP contribution < -0.4 is 4.90 Å². The van der Waals surface area contributed by atoms with Crippen LogP contribution in [0.4, 0.5) is 0 Å². The summed E-state index contributed by atoms with van der Waals surface area (Å²) in [4.78, 5) is 38.9. The number of amides is 2. The molecule has 2 aliphatic rings. The van der Waals surface area contributed by atoms with E-state index in [1.165, 1.54) is 45.0 Å². The summed E-state index contributed by atoms with van der Waals surface area (Å²) in [5.41, 5.74) is 0.358. The lowest BCUT2D eigenvalue weighted by atomic mass is 10.1. The molecule has 1 N–H and O–H groups in total. The van der Waals surface area contributed by atoms with Crippen LogP contribution in [0.25, 0.3) is 0 Å². The molecule has 3 rings (SSSR count). The molecule has 0 unspecified atom stereocenters. The van der Waals surface area contributed by atoms with Crippen molar-refractivity contribution in [2.75, 3.05) is 45.8 Å². The third-order valence-corrected chi connectivity index (χ3v) is 5.67. The largest absolute Gasteiger partial charge is 0.343 e. The van der Waals surface area contributed by atoms with E-state index in [2.05, 4.69) is 9.97 Å². The first-order valence-corrected chi connectivity index (χ1v) is 10.4. The van der Waals surface area contributed by atoms with E-state index in [9.17, 15) is 9.59 Å². The summed E-state index contributed by atoms with van der Waals surface area (Å²) in [5.74, 6) is 0.0444. The zero-order valence-electron chi connectivity index (χ0n) is 16.2. The summed E-state index contributed by atoms with van der Waals surface area (Å²) in [6.07, 6.45) is 12.2. The fraction of sp³-hybridized carbons (Fsp3) is 0.700. The van der Waals surface area contributed by atoms with Crippen LogP contribution in [0, 0.1) is 0 Å². The number of carbonyl (C=O) groups excluding carboxylic acids is 2. The quantitative estimate of drug-likeness (QED) is 0.750. The Morgan fingerprint density at radius 1 is 1.00 bits per heavy atom. The molecule has 7 nitrogen and oxygen atoms in total. The van der Waals surface area contributed by atoms with Crippen molar-refractivity contribution in [2.45, 2.75) is 44.9 Å². The van der Waals surface area contributed by atoms with E-state index in [1.807, 2.05) is 4.90 Å². The maximum atomic E-state index is 12.9. The molecule has 2 amide bonds. The van der Waals surface area contributed by atoms with Crippen molar-refractivity contribution < 1.29 is 14.5 Å². The summed E-state index contributed by atoms with van der Waals surface area (Å²) < 4.78 is 0. The highest BCUT2D eigenvalue weighted by atomic mass is 16.2. The Labute approximate surface area is 161 Å². The van der Waals surface area contributed by atoms with Crippen molar-refractivity contribution in [3.63, 3.8) is 0 Å². The Bertz CT molecular complexity index is 598. The second-order valence-electron chi connectivity index (χ2n) is 7.63. The molecule has 148 valence electrons. The zero-order valence-corrected chi connectivity index (χ0v) is 16.2. The molecule has 0 radical (unpaired) electrons. The van der Waals surface area contributed by atoms with Crippen LogP contribution in [-0.4, -0.2) is 77.4 Å². The van der Waals surface area contributed by atoms with Gasteiger partial charge in [-0.3, -0.25) is 14.6 Å². The van der Waals surface area contributed by atoms with Crippen LogP contribution in [0.3, 0.4) is 0 Å². The molecule has 27 heavy (non-hydrogen) atoms. The van der Waals surface area contributed by atoms with Crippen LogP contribution >= 0.6 is 0 Å². The Hall–Kier alpha value is -2.02. The number of rotatable bonds is 7. The molecule has 3 heterocycles. The normalized spacial score (nSPS) is 18.3. The topological polar surface area (TPSA) is 70.8 Å². The molecule has 2 fully saturated rings. The van der Waals surface area contributed by atoms with E-state index in [-0.39, 0.29) is 11.8 Å². The van der Waals surface area contributed by atoms with Gasteiger partial charge in [-0.15, -0.1) is 0 Å². The monoisotopic (exact) mass is 374 g/mol. The van der Waals surface area contributed by atoms with E-state index in [0.29, 0.717) is 25.2 Å². The van der Waals surface area contributed by atoms with Gasteiger partial charge < -0.3 is 14.7 Å². The molecule has 0 aliphatic carbocycles. The standard InChI is InChI=1S/C20H31N5O2/c26-19(24-12-5-2-6-13-24)7-14-25(16-15-23-10-3-1-4-11-23)20(27)18-17-21-8-9-22-18/h8-9,17H,1-7,10-16H2/p+1. The van der Waals surface area contributed by atoms with Gasteiger partial charge in [-0.05, 0) is 38.5 Å². The fourth-order valence-electron chi connectivity index (χ4n) is 4.01. The molecule has 1 aromatic rings. The van der Waals surface area contributed by atoms with Gasteiger partial charge in [0.1, 0.15) is 5.69 Å². The summed E-state index contributed by atoms with van der Waals surface area (Å²) in [7, 11) is 0. The number of carbonyl (C=O) groups is 2. The van der Waals surface area contributed by atoms with Gasteiger partial charge in [0.05, 0.1) is 32.4 Å². The Morgan fingerprint density at radius 3 is 2.44 bits per heavy atom. The van der Waals surface area contributed by atoms with Gasteiger partial charge in [0, 0.05) is 38.4 Å². The van der Waals surface area contributed by atoms with Crippen LogP contribution in [0.2, 0.25) is 0 Å². The SMILES string of the molecule is O=C(CCN(CC[NH+]1CCCCC1)C(=O)c1cnccn1)N1CCCCC1. The van der Waals surface area contributed by atoms with Gasteiger partial charge in [0.2, 0.25) is 5.91 Å². The van der Waals surface area contributed by atoms with Gasteiger partial charge in [-0.1, -0.05) is 0 Å². The van der Waals surface area contributed by atoms with Crippen LogP contribution in [0.15, 0.2) is 18.6 Å². The Balaban J connectivity index is 1.57. The van der Waals surface area contributed by atoms with Crippen molar-refractivity contribution >= 4 is 11.8 Å². The highest BCUT2D eigenvalue weighted by Gasteiger charge is 2.23. The van der Waals surface area contributed by atoms with Gasteiger partial charge >= 0.3 is 0 Å². The van der Waals surface area contributed by atoms with Crippen LogP contribution in [0.1, 0.15) is 55.4 Å². The minimum absolute atomic E-state index is 0.119. The molecule has 0 spiro atoms. The van der Waals surface area contributed by atoms with Crippen molar-refractivity contribution in [1.82, 2.24) is 19.8 Å². The van der Waals surface area contributed by atoms with Crippen molar-refractivity contribution in [3.8, 4) is 0 Å². The summed E-state index contributed by atoms with van der Waals surface area (Å²) in [6.45, 7) is 6.13. The van der Waals surface area contributed by atoms with Gasteiger partial charge in [0.15, 0.2) is 0 Å². The van der Waals surface area contributed by atoms with Crippen LogP contribution in [-0.2, 0) is 4.79 Å². The predicted molar refractivity (Wildman–Crippen MR) is 102 cm³/mol. The number of hydrogen-bond donors (Lipinski definition) is 1. The highest BCUT2D eigenvalue weighted by molar-refractivity contribution is 5.92. The van der Waals surface area contributed by atoms with Crippen molar-refractivity contribution in [1.29, 1.82) is 0 Å². The Kier molecular flexibility index (Phi) is 7.56. The predicted octanol–water partition coefficient (Wildman–Crippen LogP) is 0.390. The molecular formula is C20H32N5O2+. The third kappa shape index (κ3) is 5.99. The summed E-state index contributed by atoms with van der Waals surface area (Å²) >= 11 is 0. The number of hydrogen-bond acceptors (Lipinski definition) is 4. The lowest BCUT2D eigenvalue weighted by Gasteiger charge is -2.29. The lowest BCUT2D eigenvalue weighted by Crippen LogP contribution is -3.13. The molecule has 0 bridgehead atoms. The minimum Gasteiger partial charge on any atom is -0.343 e. The average Bonchev–Trinajstić information content (AvgIpc) is 2.75. The lowest BCUT2D eigenvalue weighted by molar-refractivity contribution is -0.904. The first-order valence-electron chi connectivity index (χ1n) is 10.4. The molecule has 0 saturated carbocycles. The molecule has 7 heteroatoms. The molecule has 2 aliphatic heterocycles. The zero-order chi connectivity index (χ0) is 18.9. The van der Waals surface area contributed by atoms with Crippen LogP contribution in [0.5, 0.6) is 0 Å². The minimum atomic E-state index is -0.119. The third-order valence-electron chi connectivity index (χ3n) is 5.67. The van der Waals surface area contributed by atoms with E-state index >= 15 is 0 Å². The smallest absolute Gasteiger partial charge is 0.274 e. The Morgan fingerprint density at radius 2 is 1.74 bits per heavy atom. The molecule has 0 atom stereocenters. The van der Waals surface area contributed by atoms with E-state index in [1.54, 1.807) is 22.2 Å². The van der Waals surface area contributed by atoms with E-state index in [4.69, 9.17) is 0 Å². The maximum absolute atomic E-state index is 12.9. The molecule has 1 aromatic heterocycles. The van der Waals surface area contributed by atoms with Crippen molar-refractivity contribution in [2.24, 2.45) is 0 Å². The molecule has 0 aromatic carbocycles. The number of aromatic nitrogens is 2.